The number of hydrogen-bond donors (Lipinski definition) is 2. The minimum atomic E-state index is -1.44. The normalized spacial score (nSPS) is 18.0. The average molecular weight is 447 g/mol. The molecule has 0 spiro atoms. The van der Waals surface area contributed by atoms with Crippen molar-refractivity contribution in [3.63, 3.8) is 0 Å². The summed E-state index contributed by atoms with van der Waals surface area (Å²) in [6, 6.07) is 9.74. The summed E-state index contributed by atoms with van der Waals surface area (Å²) in [5.74, 6) is -1.17. The average Bonchev–Trinajstić information content (AvgIpc) is 2.93. The minimum absolute atomic E-state index is 0.0839. The number of urea groups is 1. The zero-order valence-corrected chi connectivity index (χ0v) is 17.4. The van der Waals surface area contributed by atoms with E-state index in [4.69, 9.17) is 16.3 Å². The Balaban J connectivity index is 1.78. The molecule has 4 amide bonds. The number of nitrogens with one attached hydrogen (secondary N) is 2. The van der Waals surface area contributed by atoms with E-state index in [2.05, 4.69) is 10.6 Å². The number of carbonyl (C=O) groups excluding carboxylic acids is 3. The molecule has 0 aliphatic carbocycles. The third-order valence-corrected chi connectivity index (χ3v) is 5.07. The molecule has 10 nitrogen and oxygen atoms in total. The first-order chi connectivity index (χ1) is 14.7. The zero-order chi connectivity index (χ0) is 22.8. The molecule has 1 heterocycles. The highest BCUT2D eigenvalue weighted by Crippen LogP contribution is 2.33. The predicted octanol–water partition coefficient (Wildman–Crippen LogP) is 3.05. The van der Waals surface area contributed by atoms with E-state index < -0.39 is 34.9 Å². The number of rotatable bonds is 7. The predicted molar refractivity (Wildman–Crippen MR) is 112 cm³/mol. The van der Waals surface area contributed by atoms with Gasteiger partial charge in [-0.1, -0.05) is 29.8 Å². The molecule has 0 saturated carbocycles. The molecule has 1 atom stereocenters. The Morgan fingerprint density at radius 3 is 2.65 bits per heavy atom. The van der Waals surface area contributed by atoms with Gasteiger partial charge in [0.1, 0.15) is 23.5 Å². The monoisotopic (exact) mass is 446 g/mol. The lowest BCUT2D eigenvalue weighted by Gasteiger charge is -2.23. The quantitative estimate of drug-likeness (QED) is 0.382. The van der Waals surface area contributed by atoms with Crippen molar-refractivity contribution in [2.45, 2.75) is 19.4 Å². The maximum Gasteiger partial charge on any atom is 0.325 e. The fourth-order valence-corrected chi connectivity index (χ4v) is 3.57. The van der Waals surface area contributed by atoms with E-state index in [1.165, 1.54) is 25.1 Å². The lowest BCUT2D eigenvalue weighted by molar-refractivity contribution is -0.384. The van der Waals surface area contributed by atoms with Crippen LogP contribution in [0.25, 0.3) is 0 Å². The van der Waals surface area contributed by atoms with Crippen LogP contribution in [-0.2, 0) is 15.1 Å². The second-order valence-electron chi connectivity index (χ2n) is 6.84. The minimum Gasteiger partial charge on any atom is -0.494 e. The molecule has 0 radical (unpaired) electrons. The highest BCUT2D eigenvalue weighted by molar-refractivity contribution is 6.32. The number of anilines is 1. The number of nitro groups is 1. The SMILES string of the molecule is CCOc1ccc(NC(=O)CN2C(=O)NC(C)(c3ccccc3Cl)C2=O)c([N+](=O)[O-])c1. The molecule has 1 fully saturated rings. The second kappa shape index (κ2) is 8.60. The summed E-state index contributed by atoms with van der Waals surface area (Å²) >= 11 is 6.17. The number of benzene rings is 2. The Bertz CT molecular complexity index is 1080. The van der Waals surface area contributed by atoms with E-state index in [-0.39, 0.29) is 22.1 Å². The third-order valence-electron chi connectivity index (χ3n) is 4.74. The number of amides is 4. The van der Waals surface area contributed by atoms with E-state index in [1.807, 2.05) is 0 Å². The Labute approximate surface area is 182 Å². The Morgan fingerprint density at radius 2 is 2.00 bits per heavy atom. The van der Waals surface area contributed by atoms with Crippen molar-refractivity contribution in [2.24, 2.45) is 0 Å². The van der Waals surface area contributed by atoms with Crippen molar-refractivity contribution in [1.29, 1.82) is 0 Å². The summed E-state index contributed by atoms with van der Waals surface area (Å²) in [4.78, 5) is 49.3. The molecule has 11 heteroatoms. The van der Waals surface area contributed by atoms with Gasteiger partial charge in [-0.05, 0) is 32.0 Å². The van der Waals surface area contributed by atoms with Gasteiger partial charge in [-0.2, -0.15) is 0 Å². The molecular formula is C20H19ClN4O6. The molecule has 31 heavy (non-hydrogen) atoms. The lowest BCUT2D eigenvalue weighted by atomic mass is 9.92. The molecule has 0 aromatic heterocycles. The van der Waals surface area contributed by atoms with E-state index in [9.17, 15) is 24.5 Å². The van der Waals surface area contributed by atoms with Crippen LogP contribution in [0.1, 0.15) is 19.4 Å². The van der Waals surface area contributed by atoms with Crippen molar-refractivity contribution in [3.8, 4) is 5.75 Å². The summed E-state index contributed by atoms with van der Waals surface area (Å²) in [6.07, 6.45) is 0. The summed E-state index contributed by atoms with van der Waals surface area (Å²) in [5.41, 5.74) is -1.52. The van der Waals surface area contributed by atoms with Crippen LogP contribution in [0.15, 0.2) is 42.5 Å². The molecule has 0 bridgehead atoms. The topological polar surface area (TPSA) is 131 Å². The van der Waals surface area contributed by atoms with Gasteiger partial charge in [0, 0.05) is 10.6 Å². The maximum atomic E-state index is 12.9. The van der Waals surface area contributed by atoms with Crippen molar-refractivity contribution in [2.75, 3.05) is 18.5 Å². The number of imide groups is 1. The number of ether oxygens (including phenoxy) is 1. The van der Waals surface area contributed by atoms with Crippen LogP contribution in [0.5, 0.6) is 5.75 Å². The summed E-state index contributed by atoms with van der Waals surface area (Å²) in [7, 11) is 0. The van der Waals surface area contributed by atoms with Crippen LogP contribution >= 0.6 is 11.6 Å². The number of carbonyl (C=O) groups is 3. The number of hydrogen-bond acceptors (Lipinski definition) is 6. The third kappa shape index (κ3) is 4.29. The smallest absolute Gasteiger partial charge is 0.325 e. The molecular weight excluding hydrogens is 428 g/mol. The van der Waals surface area contributed by atoms with Crippen LogP contribution < -0.4 is 15.4 Å². The second-order valence-corrected chi connectivity index (χ2v) is 7.25. The van der Waals surface area contributed by atoms with Crippen molar-refractivity contribution >= 4 is 40.8 Å². The van der Waals surface area contributed by atoms with Crippen LogP contribution in [0, 0.1) is 10.1 Å². The first kappa shape index (κ1) is 22.0. The fraction of sp³-hybridized carbons (Fsp3) is 0.250. The van der Waals surface area contributed by atoms with Crippen molar-refractivity contribution in [3.05, 3.63) is 63.2 Å². The first-order valence-corrected chi connectivity index (χ1v) is 9.65. The van der Waals surface area contributed by atoms with E-state index in [0.29, 0.717) is 12.2 Å². The van der Waals surface area contributed by atoms with Crippen LogP contribution in [-0.4, -0.2) is 40.8 Å². The molecule has 1 unspecified atom stereocenters. The van der Waals surface area contributed by atoms with Gasteiger partial charge in [-0.15, -0.1) is 0 Å². The molecule has 2 N–H and O–H groups in total. The van der Waals surface area contributed by atoms with Gasteiger partial charge in [0.25, 0.3) is 11.6 Å². The largest absolute Gasteiger partial charge is 0.494 e. The van der Waals surface area contributed by atoms with Gasteiger partial charge in [0.15, 0.2) is 0 Å². The van der Waals surface area contributed by atoms with Crippen LogP contribution in [0.3, 0.4) is 0 Å². The molecule has 3 rings (SSSR count). The number of nitrogens with zero attached hydrogens (tertiary/aromatic N) is 2. The lowest BCUT2D eigenvalue weighted by Crippen LogP contribution is -2.42. The van der Waals surface area contributed by atoms with Crippen LogP contribution in [0.2, 0.25) is 5.02 Å². The first-order valence-electron chi connectivity index (χ1n) is 9.27. The van der Waals surface area contributed by atoms with Crippen molar-refractivity contribution in [1.82, 2.24) is 10.2 Å². The highest BCUT2D eigenvalue weighted by atomic mass is 35.5. The number of nitro benzene ring substituents is 1. The van der Waals surface area contributed by atoms with Gasteiger partial charge < -0.3 is 15.4 Å². The Kier molecular flexibility index (Phi) is 6.11. The standard InChI is InChI=1S/C20H19ClN4O6/c1-3-31-12-8-9-15(16(10-12)25(29)30)22-17(26)11-24-18(27)20(2,23-19(24)28)13-6-4-5-7-14(13)21/h4-10H,3,11H2,1-2H3,(H,22,26)(H,23,28). The van der Waals surface area contributed by atoms with Crippen molar-refractivity contribution < 1.29 is 24.0 Å². The summed E-state index contributed by atoms with van der Waals surface area (Å²) in [5, 5.41) is 16.6. The molecule has 1 aliphatic rings. The van der Waals surface area contributed by atoms with Gasteiger partial charge in [0.05, 0.1) is 17.6 Å². The number of halogens is 1. The highest BCUT2D eigenvalue weighted by Gasteiger charge is 2.50. The summed E-state index contributed by atoms with van der Waals surface area (Å²) < 4.78 is 5.23. The Morgan fingerprint density at radius 1 is 1.29 bits per heavy atom. The van der Waals surface area contributed by atoms with E-state index in [0.717, 1.165) is 4.90 Å². The zero-order valence-electron chi connectivity index (χ0n) is 16.7. The molecule has 1 saturated heterocycles. The molecule has 2 aromatic rings. The van der Waals surface area contributed by atoms with Gasteiger partial charge in [-0.25, -0.2) is 4.79 Å². The van der Waals surface area contributed by atoms with E-state index in [1.54, 1.807) is 31.2 Å². The fourth-order valence-electron chi connectivity index (χ4n) is 3.25. The van der Waals surface area contributed by atoms with Crippen LogP contribution in [0.4, 0.5) is 16.2 Å². The molecule has 2 aromatic carbocycles. The van der Waals surface area contributed by atoms with Gasteiger partial charge >= 0.3 is 6.03 Å². The molecule has 1 aliphatic heterocycles. The summed E-state index contributed by atoms with van der Waals surface area (Å²) in [6.45, 7) is 2.91. The van der Waals surface area contributed by atoms with Gasteiger partial charge in [0.2, 0.25) is 5.91 Å². The van der Waals surface area contributed by atoms with Gasteiger partial charge in [-0.3, -0.25) is 24.6 Å². The van der Waals surface area contributed by atoms with E-state index >= 15 is 0 Å². The maximum absolute atomic E-state index is 12.9. The Hall–Kier alpha value is -3.66. The molecule has 162 valence electrons.